The van der Waals surface area contributed by atoms with Crippen LogP contribution >= 0.6 is 0 Å². The number of carbonyl (C=O) groups excluding carboxylic acids is 1. The normalized spacial score (nSPS) is 12.2. The van der Waals surface area contributed by atoms with Crippen molar-refractivity contribution in [2.75, 3.05) is 11.9 Å². The summed E-state index contributed by atoms with van der Waals surface area (Å²) in [7, 11) is 0. The van der Waals surface area contributed by atoms with E-state index in [1.54, 1.807) is 12.4 Å². The smallest absolute Gasteiger partial charge is 0.292 e. The SMILES string of the molecule is NCCC(=O)Nc1ccc2c(c1)Cc1c-2[nH]c(=O)c2nccn12. The van der Waals surface area contributed by atoms with E-state index in [-0.39, 0.29) is 11.5 Å². The molecule has 7 nitrogen and oxygen atoms in total. The number of rotatable bonds is 3. The second-order valence-corrected chi connectivity index (χ2v) is 5.53. The van der Waals surface area contributed by atoms with Gasteiger partial charge >= 0.3 is 0 Å². The van der Waals surface area contributed by atoms with Gasteiger partial charge in [-0.05, 0) is 17.7 Å². The van der Waals surface area contributed by atoms with E-state index < -0.39 is 0 Å². The molecule has 116 valence electrons. The van der Waals surface area contributed by atoms with Gasteiger partial charge in [-0.3, -0.25) is 14.0 Å². The largest absolute Gasteiger partial charge is 0.330 e. The van der Waals surface area contributed by atoms with Crippen molar-refractivity contribution < 1.29 is 4.79 Å². The van der Waals surface area contributed by atoms with Crippen molar-refractivity contribution in [3.63, 3.8) is 0 Å². The lowest BCUT2D eigenvalue weighted by Crippen LogP contribution is -2.16. The Hall–Kier alpha value is -2.93. The number of nitrogens with one attached hydrogen (secondary N) is 2. The summed E-state index contributed by atoms with van der Waals surface area (Å²) >= 11 is 0. The second-order valence-electron chi connectivity index (χ2n) is 5.53. The quantitative estimate of drug-likeness (QED) is 0.522. The summed E-state index contributed by atoms with van der Waals surface area (Å²) in [5.41, 5.74) is 10.2. The highest BCUT2D eigenvalue weighted by atomic mass is 16.1. The molecule has 0 saturated carbocycles. The fraction of sp³-hybridized carbons (Fsp3) is 0.188. The third-order valence-corrected chi connectivity index (χ3v) is 4.05. The van der Waals surface area contributed by atoms with Crippen molar-refractivity contribution in [2.45, 2.75) is 12.8 Å². The second kappa shape index (κ2) is 5.06. The number of hydrogen-bond donors (Lipinski definition) is 3. The molecule has 0 bridgehead atoms. The van der Waals surface area contributed by atoms with E-state index in [1.807, 2.05) is 22.6 Å². The first-order chi connectivity index (χ1) is 11.2. The predicted molar refractivity (Wildman–Crippen MR) is 86.4 cm³/mol. The van der Waals surface area contributed by atoms with Crippen molar-refractivity contribution >= 4 is 17.2 Å². The van der Waals surface area contributed by atoms with Gasteiger partial charge in [0.05, 0.1) is 11.4 Å². The Morgan fingerprint density at radius 1 is 1.43 bits per heavy atom. The Labute approximate surface area is 131 Å². The van der Waals surface area contributed by atoms with E-state index in [0.29, 0.717) is 25.0 Å². The molecule has 0 aliphatic heterocycles. The predicted octanol–water partition coefficient (Wildman–Crippen LogP) is 0.881. The Balaban J connectivity index is 1.76. The van der Waals surface area contributed by atoms with Crippen LogP contribution in [0.2, 0.25) is 0 Å². The van der Waals surface area contributed by atoms with Gasteiger partial charge < -0.3 is 16.0 Å². The molecular formula is C16H15N5O2. The van der Waals surface area contributed by atoms with Gasteiger partial charge in [0.2, 0.25) is 11.6 Å². The maximum atomic E-state index is 12.1. The van der Waals surface area contributed by atoms with Crippen LogP contribution in [-0.4, -0.2) is 26.8 Å². The Morgan fingerprint density at radius 2 is 2.30 bits per heavy atom. The van der Waals surface area contributed by atoms with E-state index >= 15 is 0 Å². The van der Waals surface area contributed by atoms with Gasteiger partial charge in [0.25, 0.3) is 5.56 Å². The van der Waals surface area contributed by atoms with E-state index in [4.69, 9.17) is 5.73 Å². The van der Waals surface area contributed by atoms with Gasteiger partial charge in [-0.2, -0.15) is 0 Å². The molecule has 23 heavy (non-hydrogen) atoms. The molecule has 2 heterocycles. The maximum Gasteiger partial charge on any atom is 0.292 e. The Morgan fingerprint density at radius 3 is 3.13 bits per heavy atom. The molecule has 3 aromatic rings. The number of anilines is 1. The van der Waals surface area contributed by atoms with Crippen LogP contribution in [0.5, 0.6) is 0 Å². The van der Waals surface area contributed by atoms with E-state index in [9.17, 15) is 9.59 Å². The monoisotopic (exact) mass is 309 g/mol. The first-order valence-corrected chi connectivity index (χ1v) is 7.39. The van der Waals surface area contributed by atoms with Crippen LogP contribution in [-0.2, 0) is 11.2 Å². The first kappa shape index (κ1) is 13.7. The molecule has 0 saturated heterocycles. The lowest BCUT2D eigenvalue weighted by molar-refractivity contribution is -0.116. The minimum absolute atomic E-state index is 0.103. The van der Waals surface area contributed by atoms with Crippen LogP contribution in [0, 0.1) is 0 Å². The number of H-pyrrole nitrogens is 1. The maximum absolute atomic E-state index is 12.1. The summed E-state index contributed by atoms with van der Waals surface area (Å²) < 4.78 is 1.82. The Bertz CT molecular complexity index is 986. The molecule has 2 aromatic heterocycles. The van der Waals surface area contributed by atoms with Gasteiger partial charge in [0.15, 0.2) is 0 Å². The number of amides is 1. The number of fused-ring (bicyclic) bond motifs is 5. The summed E-state index contributed by atoms with van der Waals surface area (Å²) in [6.07, 6.45) is 4.38. The zero-order valence-corrected chi connectivity index (χ0v) is 12.3. The van der Waals surface area contributed by atoms with Crippen LogP contribution in [0.15, 0.2) is 35.4 Å². The number of nitrogens with zero attached hydrogens (tertiary/aromatic N) is 2. The third-order valence-electron chi connectivity index (χ3n) is 4.05. The zero-order chi connectivity index (χ0) is 16.0. The molecule has 1 amide bonds. The fourth-order valence-electron chi connectivity index (χ4n) is 3.04. The highest BCUT2D eigenvalue weighted by molar-refractivity contribution is 5.91. The molecule has 4 N–H and O–H groups in total. The van der Waals surface area contributed by atoms with Crippen LogP contribution in [0.4, 0.5) is 5.69 Å². The number of imidazole rings is 1. The van der Waals surface area contributed by atoms with Gasteiger partial charge in [-0.1, -0.05) is 6.07 Å². The molecule has 0 radical (unpaired) electrons. The molecule has 7 heteroatoms. The minimum atomic E-state index is -0.207. The van der Waals surface area contributed by atoms with Crippen molar-refractivity contribution in [1.29, 1.82) is 0 Å². The van der Waals surface area contributed by atoms with Crippen molar-refractivity contribution in [3.8, 4) is 11.3 Å². The summed E-state index contributed by atoms with van der Waals surface area (Å²) in [6, 6.07) is 5.68. The van der Waals surface area contributed by atoms with Gasteiger partial charge in [0.1, 0.15) is 0 Å². The minimum Gasteiger partial charge on any atom is -0.330 e. The number of carbonyl (C=O) groups is 1. The Kier molecular flexibility index (Phi) is 3.02. The van der Waals surface area contributed by atoms with Gasteiger partial charge in [-0.15, -0.1) is 0 Å². The molecule has 0 spiro atoms. The number of aromatic amines is 1. The molecule has 0 unspecified atom stereocenters. The number of benzene rings is 1. The zero-order valence-electron chi connectivity index (χ0n) is 12.3. The van der Waals surface area contributed by atoms with E-state index in [2.05, 4.69) is 15.3 Å². The number of nitrogens with two attached hydrogens (primary N) is 1. The van der Waals surface area contributed by atoms with E-state index in [1.165, 1.54) is 0 Å². The van der Waals surface area contributed by atoms with Crippen LogP contribution in [0.1, 0.15) is 17.7 Å². The molecule has 1 aliphatic rings. The summed E-state index contributed by atoms with van der Waals surface area (Å²) in [4.78, 5) is 30.7. The first-order valence-electron chi connectivity index (χ1n) is 7.39. The molecular weight excluding hydrogens is 294 g/mol. The van der Waals surface area contributed by atoms with Gasteiger partial charge in [-0.25, -0.2) is 4.98 Å². The van der Waals surface area contributed by atoms with Crippen molar-refractivity contribution in [3.05, 3.63) is 52.2 Å². The number of hydrogen-bond acceptors (Lipinski definition) is 4. The van der Waals surface area contributed by atoms with Crippen molar-refractivity contribution in [2.24, 2.45) is 5.73 Å². The summed E-state index contributed by atoms with van der Waals surface area (Å²) in [5.74, 6) is -0.103. The molecule has 1 aromatic carbocycles. The average Bonchev–Trinajstić information content (AvgIpc) is 3.12. The standard InChI is InChI=1S/C16H15N5O2/c17-4-3-13(22)19-10-1-2-11-9(7-10)8-12-14(11)20-16(23)15-18-5-6-21(12)15/h1-2,5-7H,3-4,8,17H2,(H,19,22)(H,20,23). The third kappa shape index (κ3) is 2.13. The average molecular weight is 309 g/mol. The molecule has 4 rings (SSSR count). The molecule has 0 atom stereocenters. The lowest BCUT2D eigenvalue weighted by atomic mass is 10.1. The highest BCUT2D eigenvalue weighted by Crippen LogP contribution is 2.35. The fourth-order valence-corrected chi connectivity index (χ4v) is 3.04. The lowest BCUT2D eigenvalue weighted by Gasteiger charge is -2.07. The summed E-state index contributed by atoms with van der Waals surface area (Å²) in [5, 5.41) is 2.83. The van der Waals surface area contributed by atoms with Gasteiger partial charge in [0, 0.05) is 43.0 Å². The van der Waals surface area contributed by atoms with Crippen LogP contribution < -0.4 is 16.6 Å². The van der Waals surface area contributed by atoms with Crippen molar-refractivity contribution in [1.82, 2.24) is 14.4 Å². The topological polar surface area (TPSA) is 105 Å². The van der Waals surface area contributed by atoms with Crippen LogP contribution in [0.3, 0.4) is 0 Å². The highest BCUT2D eigenvalue weighted by Gasteiger charge is 2.23. The molecule has 0 fully saturated rings. The summed E-state index contributed by atoms with van der Waals surface area (Å²) in [6.45, 7) is 0.321. The van der Waals surface area contributed by atoms with Crippen LogP contribution in [0.25, 0.3) is 16.9 Å². The molecule has 1 aliphatic carbocycles. The van der Waals surface area contributed by atoms with E-state index in [0.717, 1.165) is 28.2 Å². The number of aromatic nitrogens is 3.